The van der Waals surface area contributed by atoms with Gasteiger partial charge < -0.3 is 19.8 Å². The van der Waals surface area contributed by atoms with Crippen molar-refractivity contribution < 1.29 is 9.15 Å². The quantitative estimate of drug-likeness (QED) is 0.549. The first-order valence-corrected chi connectivity index (χ1v) is 10.3. The van der Waals surface area contributed by atoms with Crippen molar-refractivity contribution in [2.24, 2.45) is 4.99 Å². The molecular weight excluding hydrogens is 328 g/mol. The number of guanidine groups is 1. The number of nitrogens with zero attached hydrogens (tertiary/aromatic N) is 2. The van der Waals surface area contributed by atoms with E-state index in [1.165, 1.54) is 32.2 Å². The molecule has 3 heterocycles. The van der Waals surface area contributed by atoms with E-state index in [1.54, 1.807) is 6.26 Å². The van der Waals surface area contributed by atoms with Gasteiger partial charge in [0.15, 0.2) is 5.96 Å². The minimum atomic E-state index is 0.305. The Morgan fingerprint density at radius 3 is 3.00 bits per heavy atom. The van der Waals surface area contributed by atoms with E-state index in [-0.39, 0.29) is 0 Å². The fourth-order valence-electron chi connectivity index (χ4n) is 3.83. The number of likely N-dealkylation sites (tertiary alicyclic amines) is 1. The molecule has 0 aromatic carbocycles. The van der Waals surface area contributed by atoms with E-state index in [4.69, 9.17) is 14.1 Å². The molecule has 2 atom stereocenters. The number of nitrogens with one attached hydrogen (secondary N) is 2. The van der Waals surface area contributed by atoms with Crippen LogP contribution in [0.4, 0.5) is 0 Å². The van der Waals surface area contributed by atoms with Crippen molar-refractivity contribution in [1.82, 2.24) is 15.5 Å². The summed E-state index contributed by atoms with van der Waals surface area (Å²) >= 11 is 0. The van der Waals surface area contributed by atoms with Gasteiger partial charge in [0.2, 0.25) is 0 Å². The average molecular weight is 363 g/mol. The lowest BCUT2D eigenvalue weighted by molar-refractivity contribution is 0.0194. The number of likely N-dealkylation sites (N-methyl/N-ethyl adjacent to an activating group) is 1. The molecule has 6 nitrogen and oxygen atoms in total. The maximum absolute atomic E-state index is 5.84. The molecule has 2 aliphatic heterocycles. The van der Waals surface area contributed by atoms with Crippen LogP contribution in [0.15, 0.2) is 27.8 Å². The number of furan rings is 1. The smallest absolute Gasteiger partial charge is 0.191 e. The van der Waals surface area contributed by atoms with E-state index >= 15 is 0 Å². The summed E-state index contributed by atoms with van der Waals surface area (Å²) in [5, 5.41) is 6.95. The molecule has 0 aliphatic carbocycles. The first-order valence-electron chi connectivity index (χ1n) is 10.3. The van der Waals surface area contributed by atoms with Gasteiger partial charge in [0.05, 0.1) is 18.9 Å². The molecule has 0 spiro atoms. The Hall–Kier alpha value is -1.53. The fourth-order valence-corrected chi connectivity index (χ4v) is 3.83. The predicted molar refractivity (Wildman–Crippen MR) is 105 cm³/mol. The lowest BCUT2D eigenvalue weighted by atomic mass is 10.1. The summed E-state index contributed by atoms with van der Waals surface area (Å²) in [6.07, 6.45) is 9.02. The minimum absolute atomic E-state index is 0.305. The van der Waals surface area contributed by atoms with Crippen LogP contribution in [0.3, 0.4) is 0 Å². The van der Waals surface area contributed by atoms with E-state index in [1.807, 2.05) is 12.1 Å². The molecular formula is C20H34N4O2. The van der Waals surface area contributed by atoms with E-state index < -0.39 is 0 Å². The largest absolute Gasteiger partial charge is 0.469 e. The number of ether oxygens (including phenoxy) is 1. The molecule has 1 aromatic rings. The molecule has 2 unspecified atom stereocenters. The molecule has 146 valence electrons. The molecule has 3 rings (SSSR count). The highest BCUT2D eigenvalue weighted by Crippen LogP contribution is 2.16. The predicted octanol–water partition coefficient (Wildman–Crippen LogP) is 2.41. The maximum atomic E-state index is 5.84. The van der Waals surface area contributed by atoms with Gasteiger partial charge in [-0.2, -0.15) is 0 Å². The fraction of sp³-hybridized carbons (Fsp3) is 0.750. The van der Waals surface area contributed by atoms with Gasteiger partial charge in [0.25, 0.3) is 0 Å². The monoisotopic (exact) mass is 362 g/mol. The van der Waals surface area contributed by atoms with Crippen molar-refractivity contribution in [2.75, 3.05) is 39.3 Å². The first-order chi connectivity index (χ1) is 12.8. The van der Waals surface area contributed by atoms with Crippen molar-refractivity contribution in [1.29, 1.82) is 0 Å². The molecule has 0 bridgehead atoms. The molecule has 2 saturated heterocycles. The molecule has 1 aromatic heterocycles. The van der Waals surface area contributed by atoms with E-state index in [2.05, 4.69) is 22.5 Å². The number of aliphatic imine (C=N–C) groups is 1. The lowest BCUT2D eigenvalue weighted by Crippen LogP contribution is -2.44. The highest BCUT2D eigenvalue weighted by Gasteiger charge is 2.22. The second-order valence-electron chi connectivity index (χ2n) is 7.24. The standard InChI is InChI=1S/C20H34N4O2/c1-2-24-12-5-7-17(24)15-22-20(21-11-10-18-9-6-14-25-18)23-16-19-8-3-4-13-26-19/h6,9,14,17,19H,2-5,7-8,10-13,15-16H2,1H3,(H2,21,22,23). The number of hydrogen-bond acceptors (Lipinski definition) is 4. The molecule has 0 saturated carbocycles. The lowest BCUT2D eigenvalue weighted by Gasteiger charge is -2.24. The normalized spacial score (nSPS) is 24.7. The maximum Gasteiger partial charge on any atom is 0.191 e. The van der Waals surface area contributed by atoms with Crippen LogP contribution in [0.1, 0.15) is 44.8 Å². The van der Waals surface area contributed by atoms with Gasteiger partial charge in [0, 0.05) is 32.2 Å². The minimum Gasteiger partial charge on any atom is -0.469 e. The molecule has 26 heavy (non-hydrogen) atoms. The number of rotatable bonds is 8. The molecule has 0 amide bonds. The number of hydrogen-bond donors (Lipinski definition) is 2. The zero-order valence-corrected chi connectivity index (χ0v) is 16.1. The zero-order chi connectivity index (χ0) is 18.0. The van der Waals surface area contributed by atoms with Crippen LogP contribution in [0.25, 0.3) is 0 Å². The first kappa shape index (κ1) is 19.2. The topological polar surface area (TPSA) is 62.0 Å². The van der Waals surface area contributed by atoms with Crippen LogP contribution in [-0.2, 0) is 11.2 Å². The summed E-state index contributed by atoms with van der Waals surface area (Å²) in [5.41, 5.74) is 0. The van der Waals surface area contributed by atoms with Crippen molar-refractivity contribution in [3.05, 3.63) is 24.2 Å². The summed E-state index contributed by atoms with van der Waals surface area (Å²) in [4.78, 5) is 7.41. The van der Waals surface area contributed by atoms with Crippen LogP contribution >= 0.6 is 0 Å². The molecule has 2 N–H and O–H groups in total. The van der Waals surface area contributed by atoms with Crippen molar-refractivity contribution in [3.63, 3.8) is 0 Å². The molecule has 2 aliphatic rings. The Balaban J connectivity index is 1.49. The highest BCUT2D eigenvalue weighted by molar-refractivity contribution is 5.79. The second-order valence-corrected chi connectivity index (χ2v) is 7.24. The third kappa shape index (κ3) is 6.02. The Labute approximate surface area is 157 Å². The van der Waals surface area contributed by atoms with Gasteiger partial charge in [-0.05, 0) is 57.3 Å². The summed E-state index contributed by atoms with van der Waals surface area (Å²) in [6.45, 7) is 7.95. The Morgan fingerprint density at radius 2 is 2.23 bits per heavy atom. The van der Waals surface area contributed by atoms with Crippen LogP contribution in [-0.4, -0.2) is 62.3 Å². The Kier molecular flexibility index (Phi) is 7.83. The van der Waals surface area contributed by atoms with Gasteiger partial charge in [-0.25, -0.2) is 0 Å². The zero-order valence-electron chi connectivity index (χ0n) is 16.1. The highest BCUT2D eigenvalue weighted by atomic mass is 16.5. The van der Waals surface area contributed by atoms with Crippen LogP contribution in [0.2, 0.25) is 0 Å². The van der Waals surface area contributed by atoms with Gasteiger partial charge >= 0.3 is 0 Å². The van der Waals surface area contributed by atoms with Crippen LogP contribution in [0.5, 0.6) is 0 Å². The van der Waals surface area contributed by atoms with Gasteiger partial charge in [-0.3, -0.25) is 9.89 Å². The summed E-state index contributed by atoms with van der Waals surface area (Å²) in [7, 11) is 0. The summed E-state index contributed by atoms with van der Waals surface area (Å²) in [5.74, 6) is 1.90. The third-order valence-electron chi connectivity index (χ3n) is 5.38. The van der Waals surface area contributed by atoms with Gasteiger partial charge in [-0.1, -0.05) is 6.92 Å². The van der Waals surface area contributed by atoms with E-state index in [9.17, 15) is 0 Å². The van der Waals surface area contributed by atoms with Crippen LogP contribution < -0.4 is 10.6 Å². The van der Waals surface area contributed by atoms with Gasteiger partial charge in [0.1, 0.15) is 5.76 Å². The molecule has 2 fully saturated rings. The van der Waals surface area contributed by atoms with Crippen molar-refractivity contribution in [2.45, 2.75) is 57.6 Å². The van der Waals surface area contributed by atoms with Gasteiger partial charge in [-0.15, -0.1) is 0 Å². The Morgan fingerprint density at radius 1 is 1.27 bits per heavy atom. The Bertz CT molecular complexity index is 526. The molecule has 0 radical (unpaired) electrons. The van der Waals surface area contributed by atoms with E-state index in [0.717, 1.165) is 57.3 Å². The average Bonchev–Trinajstić information content (AvgIpc) is 3.35. The summed E-state index contributed by atoms with van der Waals surface area (Å²) < 4.78 is 11.2. The second kappa shape index (κ2) is 10.6. The summed E-state index contributed by atoms with van der Waals surface area (Å²) in [6, 6.07) is 4.52. The van der Waals surface area contributed by atoms with Crippen molar-refractivity contribution >= 4 is 5.96 Å². The third-order valence-corrected chi connectivity index (χ3v) is 5.38. The molecule has 6 heteroatoms. The van der Waals surface area contributed by atoms with Crippen LogP contribution in [0, 0.1) is 0 Å². The van der Waals surface area contributed by atoms with E-state index in [0.29, 0.717) is 12.1 Å². The SMILES string of the molecule is CCN1CCCC1CN=C(NCCc1ccco1)NCC1CCCCO1. The van der Waals surface area contributed by atoms with Crippen molar-refractivity contribution in [3.8, 4) is 0 Å².